The Kier molecular flexibility index (Phi) is 4.78. The lowest BCUT2D eigenvalue weighted by Gasteiger charge is -2.57. The van der Waals surface area contributed by atoms with E-state index < -0.39 is 5.60 Å². The predicted octanol–water partition coefficient (Wildman–Crippen LogP) is 5.10. The number of hydrogen-bond acceptors (Lipinski definition) is 3. The minimum atomic E-state index is -0.825. The number of amides is 1. The highest BCUT2D eigenvalue weighted by atomic mass is 79.9. The van der Waals surface area contributed by atoms with Crippen molar-refractivity contribution >= 4 is 38.4 Å². The monoisotopic (exact) mass is 486 g/mol. The summed E-state index contributed by atoms with van der Waals surface area (Å²) in [6.07, 6.45) is 11.9. The molecular formula is C25H31BrN2O3. The maximum atomic E-state index is 13.0. The van der Waals surface area contributed by atoms with Crippen LogP contribution in [0.3, 0.4) is 0 Å². The fourth-order valence-corrected chi connectivity index (χ4v) is 8.04. The first kappa shape index (κ1) is 20.3. The Bertz CT molecular complexity index is 990. The number of halogens is 1. The lowest BCUT2D eigenvalue weighted by atomic mass is 9.48. The molecule has 1 amide bonds. The van der Waals surface area contributed by atoms with E-state index in [0.29, 0.717) is 31.6 Å². The van der Waals surface area contributed by atoms with Gasteiger partial charge in [-0.3, -0.25) is 4.79 Å². The standard InChI is InChI=1S/C25H31BrN2O3/c26-19-2-1-3-21-23(19)20(12-28(21)13-25(30)14-31-15-25)27-22(29)4-5-24-9-16-6-17(10-24)8-18(7-16)11-24/h1-3,12,16-18,30H,4-11,13-15H2,(H,27,29). The molecule has 2 N–H and O–H groups in total. The highest BCUT2D eigenvalue weighted by Gasteiger charge is 2.50. The molecule has 1 aliphatic heterocycles. The van der Waals surface area contributed by atoms with Crippen LogP contribution in [0.15, 0.2) is 28.9 Å². The molecule has 4 bridgehead atoms. The van der Waals surface area contributed by atoms with E-state index in [4.69, 9.17) is 4.74 Å². The first-order valence-electron chi connectivity index (χ1n) is 11.8. The summed E-state index contributed by atoms with van der Waals surface area (Å²) in [7, 11) is 0. The molecule has 2 aromatic rings. The minimum absolute atomic E-state index is 0.108. The van der Waals surface area contributed by atoms with Gasteiger partial charge in [0.15, 0.2) is 0 Å². The van der Waals surface area contributed by atoms with Crippen LogP contribution in [0.5, 0.6) is 0 Å². The topological polar surface area (TPSA) is 63.5 Å². The Hall–Kier alpha value is -1.37. The number of nitrogens with zero attached hydrogens (tertiary/aromatic N) is 1. The Morgan fingerprint density at radius 2 is 1.84 bits per heavy atom. The Balaban J connectivity index is 1.18. The molecule has 4 saturated carbocycles. The van der Waals surface area contributed by atoms with Crippen LogP contribution in [-0.2, 0) is 16.1 Å². The van der Waals surface area contributed by atoms with Crippen LogP contribution in [0, 0.1) is 23.2 Å². The van der Waals surface area contributed by atoms with E-state index in [1.54, 1.807) is 0 Å². The first-order valence-corrected chi connectivity index (χ1v) is 12.6. The zero-order valence-electron chi connectivity index (χ0n) is 17.9. The van der Waals surface area contributed by atoms with Crippen molar-refractivity contribution in [2.75, 3.05) is 18.5 Å². The van der Waals surface area contributed by atoms with Crippen molar-refractivity contribution in [3.63, 3.8) is 0 Å². The molecule has 0 atom stereocenters. The van der Waals surface area contributed by atoms with Gasteiger partial charge < -0.3 is 19.7 Å². The molecule has 4 aliphatic carbocycles. The molecule has 31 heavy (non-hydrogen) atoms. The average molecular weight is 487 g/mol. The molecule has 5 nitrogen and oxygen atoms in total. The summed E-state index contributed by atoms with van der Waals surface area (Å²) < 4.78 is 8.20. The van der Waals surface area contributed by atoms with Gasteiger partial charge >= 0.3 is 0 Å². The molecule has 7 rings (SSSR count). The minimum Gasteiger partial charge on any atom is -0.383 e. The number of hydrogen-bond donors (Lipinski definition) is 2. The first-order chi connectivity index (χ1) is 14.9. The number of carbonyl (C=O) groups excluding carboxylic acids is 1. The summed E-state index contributed by atoms with van der Waals surface area (Å²) >= 11 is 3.66. The molecule has 5 aliphatic rings. The van der Waals surface area contributed by atoms with Crippen LogP contribution < -0.4 is 5.32 Å². The van der Waals surface area contributed by atoms with E-state index in [0.717, 1.165) is 45.2 Å². The van der Waals surface area contributed by atoms with Gasteiger partial charge in [0.25, 0.3) is 0 Å². The zero-order chi connectivity index (χ0) is 21.2. The summed E-state index contributed by atoms with van der Waals surface area (Å²) in [6.45, 7) is 1.17. The maximum Gasteiger partial charge on any atom is 0.224 e. The van der Waals surface area contributed by atoms with Crippen LogP contribution in [0.2, 0.25) is 0 Å². The van der Waals surface area contributed by atoms with Gasteiger partial charge in [-0.2, -0.15) is 0 Å². The molecule has 0 radical (unpaired) electrons. The molecule has 1 aromatic heterocycles. The van der Waals surface area contributed by atoms with Crippen molar-refractivity contribution in [2.24, 2.45) is 23.2 Å². The molecule has 1 saturated heterocycles. The number of aromatic nitrogens is 1. The van der Waals surface area contributed by atoms with Crippen molar-refractivity contribution in [3.8, 4) is 0 Å². The number of carbonyl (C=O) groups is 1. The van der Waals surface area contributed by atoms with Gasteiger partial charge in [0.1, 0.15) is 5.60 Å². The summed E-state index contributed by atoms with van der Waals surface area (Å²) in [6, 6.07) is 6.02. The summed E-state index contributed by atoms with van der Waals surface area (Å²) in [4.78, 5) is 13.0. The molecule has 166 valence electrons. The van der Waals surface area contributed by atoms with Crippen LogP contribution in [-0.4, -0.2) is 34.4 Å². The third kappa shape index (κ3) is 3.65. The number of rotatable bonds is 6. The van der Waals surface area contributed by atoms with E-state index >= 15 is 0 Å². The average Bonchev–Trinajstić information content (AvgIpc) is 3.02. The molecule has 2 heterocycles. The lowest BCUT2D eigenvalue weighted by Crippen LogP contribution is -2.52. The molecule has 6 heteroatoms. The predicted molar refractivity (Wildman–Crippen MR) is 124 cm³/mol. The number of ether oxygens (including phenoxy) is 1. The fourth-order valence-electron chi connectivity index (χ4n) is 7.47. The zero-order valence-corrected chi connectivity index (χ0v) is 19.5. The smallest absolute Gasteiger partial charge is 0.224 e. The quantitative estimate of drug-likeness (QED) is 0.596. The van der Waals surface area contributed by atoms with Crippen molar-refractivity contribution < 1.29 is 14.6 Å². The normalized spacial score (nSPS) is 32.9. The highest BCUT2D eigenvalue weighted by Crippen LogP contribution is 2.61. The number of fused-ring (bicyclic) bond motifs is 1. The Labute approximate surface area is 191 Å². The summed E-state index contributed by atoms with van der Waals surface area (Å²) in [5, 5.41) is 14.8. The second-order valence-electron chi connectivity index (χ2n) is 11.0. The van der Waals surface area contributed by atoms with E-state index in [2.05, 4.69) is 21.2 Å². The number of nitrogens with one attached hydrogen (secondary N) is 1. The van der Waals surface area contributed by atoms with Gasteiger partial charge in [-0.05, 0) is 80.2 Å². The molecule has 0 unspecified atom stereocenters. The highest BCUT2D eigenvalue weighted by molar-refractivity contribution is 9.10. The second kappa shape index (κ2) is 7.32. The third-order valence-corrected chi connectivity index (χ3v) is 9.04. The number of aliphatic hydroxyl groups is 1. The lowest BCUT2D eigenvalue weighted by molar-refractivity contribution is -0.184. The van der Waals surface area contributed by atoms with Crippen LogP contribution in [0.25, 0.3) is 10.9 Å². The van der Waals surface area contributed by atoms with Gasteiger partial charge in [-0.25, -0.2) is 0 Å². The van der Waals surface area contributed by atoms with Crippen molar-refractivity contribution in [2.45, 2.75) is 63.5 Å². The Morgan fingerprint density at radius 3 is 2.45 bits per heavy atom. The molecule has 0 spiro atoms. The number of benzene rings is 1. The SMILES string of the molecule is O=C(CCC12CC3CC(CC(C3)C1)C2)Nc1cn(CC2(O)COC2)c2cccc(Br)c12. The van der Waals surface area contributed by atoms with E-state index in [1.807, 2.05) is 29.0 Å². The van der Waals surface area contributed by atoms with Gasteiger partial charge in [0, 0.05) is 22.5 Å². The fraction of sp³-hybridized carbons (Fsp3) is 0.640. The van der Waals surface area contributed by atoms with Gasteiger partial charge in [-0.1, -0.05) is 22.0 Å². The molecule has 1 aromatic carbocycles. The van der Waals surface area contributed by atoms with Crippen molar-refractivity contribution in [1.82, 2.24) is 4.57 Å². The molecule has 5 fully saturated rings. The van der Waals surface area contributed by atoms with E-state index in [-0.39, 0.29) is 5.91 Å². The van der Waals surface area contributed by atoms with Crippen LogP contribution in [0.1, 0.15) is 51.4 Å². The van der Waals surface area contributed by atoms with Gasteiger partial charge in [0.05, 0.1) is 31.0 Å². The third-order valence-electron chi connectivity index (χ3n) is 8.38. The summed E-state index contributed by atoms with van der Waals surface area (Å²) in [5.41, 5.74) is 1.43. The largest absolute Gasteiger partial charge is 0.383 e. The maximum absolute atomic E-state index is 13.0. The number of anilines is 1. The second-order valence-corrected chi connectivity index (χ2v) is 11.8. The van der Waals surface area contributed by atoms with E-state index in [1.165, 1.54) is 38.5 Å². The van der Waals surface area contributed by atoms with E-state index in [9.17, 15) is 9.90 Å². The Morgan fingerprint density at radius 1 is 1.16 bits per heavy atom. The molecular weight excluding hydrogens is 456 g/mol. The van der Waals surface area contributed by atoms with Crippen molar-refractivity contribution in [1.29, 1.82) is 0 Å². The van der Waals surface area contributed by atoms with Crippen LogP contribution >= 0.6 is 15.9 Å². The van der Waals surface area contributed by atoms with Gasteiger partial charge in [0.2, 0.25) is 5.91 Å². The van der Waals surface area contributed by atoms with Crippen molar-refractivity contribution in [3.05, 3.63) is 28.9 Å². The van der Waals surface area contributed by atoms with Crippen LogP contribution in [0.4, 0.5) is 5.69 Å². The van der Waals surface area contributed by atoms with Gasteiger partial charge in [-0.15, -0.1) is 0 Å². The summed E-state index contributed by atoms with van der Waals surface area (Å²) in [5.74, 6) is 2.87.